The van der Waals surface area contributed by atoms with Crippen LogP contribution in [0.25, 0.3) is 0 Å². The fraction of sp³-hybridized carbons (Fsp3) is 0. The van der Waals surface area contributed by atoms with Gasteiger partial charge in [-0.3, -0.25) is 0 Å². The Hall–Kier alpha value is -1.54. The molecule has 0 bridgehead atoms. The van der Waals surface area contributed by atoms with E-state index in [1.807, 2.05) is 12.1 Å². The molecule has 0 spiro atoms. The lowest BCUT2D eigenvalue weighted by Gasteiger charge is -2.14. The normalized spacial score (nSPS) is 15.1. The lowest BCUT2D eigenvalue weighted by molar-refractivity contribution is 0.663. The van der Waals surface area contributed by atoms with Crippen LogP contribution in [0.4, 0.5) is 10.1 Å². The number of anilines is 1. The number of halogens is 2. The van der Waals surface area contributed by atoms with E-state index in [4.69, 9.17) is 11.6 Å². The lowest BCUT2D eigenvalue weighted by atomic mass is 10.3. The minimum Gasteiger partial charge on any atom is -0.321 e. The lowest BCUT2D eigenvalue weighted by Crippen LogP contribution is -2.06. The first-order valence-corrected chi connectivity index (χ1v) is 4.89. The highest BCUT2D eigenvalue weighted by Crippen LogP contribution is 2.21. The Labute approximate surface area is 92.8 Å². The fourth-order valence-corrected chi connectivity index (χ4v) is 1.41. The number of hydrogen-bond donors (Lipinski definition) is 0. The van der Waals surface area contributed by atoms with E-state index in [2.05, 4.69) is 0 Å². The van der Waals surface area contributed by atoms with Gasteiger partial charge in [0, 0.05) is 23.1 Å². The maximum absolute atomic E-state index is 13.1. The third kappa shape index (κ3) is 2.48. The molecule has 1 aliphatic rings. The third-order valence-electron chi connectivity index (χ3n) is 2.00. The minimum absolute atomic E-state index is 0.282. The van der Waals surface area contributed by atoms with Gasteiger partial charge in [-0.05, 0) is 36.4 Å². The molecule has 0 saturated carbocycles. The van der Waals surface area contributed by atoms with E-state index in [9.17, 15) is 4.39 Å². The van der Waals surface area contributed by atoms with E-state index in [1.54, 1.807) is 35.4 Å². The summed E-state index contributed by atoms with van der Waals surface area (Å²) in [6.45, 7) is 0. The van der Waals surface area contributed by atoms with Gasteiger partial charge in [-0.15, -0.1) is 0 Å². The average molecular weight is 222 g/mol. The molecule has 0 aliphatic carbocycles. The van der Waals surface area contributed by atoms with Gasteiger partial charge in [0.15, 0.2) is 0 Å². The van der Waals surface area contributed by atoms with Crippen LogP contribution < -0.4 is 4.90 Å². The van der Waals surface area contributed by atoms with E-state index >= 15 is 0 Å². The summed E-state index contributed by atoms with van der Waals surface area (Å²) in [4.78, 5) is 1.70. The first-order chi connectivity index (χ1) is 7.25. The summed E-state index contributed by atoms with van der Waals surface area (Å²) < 4.78 is 13.1. The number of rotatable bonds is 1. The molecule has 1 aromatic carbocycles. The van der Waals surface area contributed by atoms with Crippen LogP contribution in [0.2, 0.25) is 5.02 Å². The molecule has 0 aromatic heterocycles. The second kappa shape index (κ2) is 4.32. The molecule has 2 rings (SSSR count). The van der Waals surface area contributed by atoms with Crippen LogP contribution in [0.15, 0.2) is 60.7 Å². The molecule has 1 aliphatic heterocycles. The Morgan fingerprint density at radius 1 is 1.07 bits per heavy atom. The van der Waals surface area contributed by atoms with Crippen LogP contribution in [0.1, 0.15) is 0 Å². The Kier molecular flexibility index (Phi) is 2.88. The van der Waals surface area contributed by atoms with Crippen LogP contribution >= 0.6 is 11.6 Å². The first kappa shape index (κ1) is 9.99. The van der Waals surface area contributed by atoms with E-state index < -0.39 is 0 Å². The van der Waals surface area contributed by atoms with Gasteiger partial charge in [-0.1, -0.05) is 17.7 Å². The summed E-state index contributed by atoms with van der Waals surface area (Å²) in [5.41, 5.74) is 0.870. The Morgan fingerprint density at radius 3 is 2.53 bits per heavy atom. The van der Waals surface area contributed by atoms with Crippen molar-refractivity contribution in [1.29, 1.82) is 0 Å². The number of benzene rings is 1. The molecule has 3 heteroatoms. The molecule has 0 saturated heterocycles. The van der Waals surface area contributed by atoms with Gasteiger partial charge < -0.3 is 4.90 Å². The van der Waals surface area contributed by atoms with Crippen LogP contribution in [0.5, 0.6) is 0 Å². The minimum atomic E-state index is -0.282. The molecule has 1 heterocycles. The quantitative estimate of drug-likeness (QED) is 0.692. The molecule has 0 fully saturated rings. The van der Waals surface area contributed by atoms with E-state index in [-0.39, 0.29) is 5.83 Å². The summed E-state index contributed by atoms with van der Waals surface area (Å²) in [6.07, 6.45) is 8.04. The van der Waals surface area contributed by atoms with Crippen molar-refractivity contribution in [3.05, 3.63) is 65.7 Å². The van der Waals surface area contributed by atoms with Crippen molar-refractivity contribution in [2.24, 2.45) is 0 Å². The highest BCUT2D eigenvalue weighted by atomic mass is 35.5. The monoisotopic (exact) mass is 221 g/mol. The first-order valence-electron chi connectivity index (χ1n) is 4.52. The van der Waals surface area contributed by atoms with Crippen molar-refractivity contribution in [3.8, 4) is 0 Å². The van der Waals surface area contributed by atoms with Gasteiger partial charge in [-0.2, -0.15) is 0 Å². The Balaban J connectivity index is 2.31. The van der Waals surface area contributed by atoms with Gasteiger partial charge in [-0.25, -0.2) is 4.39 Å². The second-order valence-corrected chi connectivity index (χ2v) is 3.53. The summed E-state index contributed by atoms with van der Waals surface area (Å²) in [7, 11) is 0. The highest BCUT2D eigenvalue weighted by molar-refractivity contribution is 6.30. The zero-order valence-corrected chi connectivity index (χ0v) is 8.66. The molecule has 1 aromatic rings. The molecule has 0 radical (unpaired) electrons. The molecule has 0 amide bonds. The molecule has 0 unspecified atom stereocenters. The predicted octanol–water partition coefficient (Wildman–Crippen LogP) is 4.04. The standard InChI is InChI=1S/C12H9ClFN/c13-10-4-6-12(7-5-10)15-8-2-1-3-11(14)9-15/h1-9H. The van der Waals surface area contributed by atoms with Crippen LogP contribution in [-0.4, -0.2) is 0 Å². The van der Waals surface area contributed by atoms with Gasteiger partial charge in [0.2, 0.25) is 0 Å². The van der Waals surface area contributed by atoms with Crippen molar-refractivity contribution in [2.45, 2.75) is 0 Å². The summed E-state index contributed by atoms with van der Waals surface area (Å²) in [6, 6.07) is 7.22. The fourth-order valence-electron chi connectivity index (χ4n) is 1.28. The molecule has 15 heavy (non-hydrogen) atoms. The maximum Gasteiger partial charge on any atom is 0.139 e. The molecule has 1 nitrogen and oxygen atoms in total. The second-order valence-electron chi connectivity index (χ2n) is 3.10. The van der Waals surface area contributed by atoms with E-state index in [1.165, 1.54) is 12.3 Å². The molecular formula is C12H9ClFN. The Morgan fingerprint density at radius 2 is 1.80 bits per heavy atom. The smallest absolute Gasteiger partial charge is 0.139 e. The highest BCUT2D eigenvalue weighted by Gasteiger charge is 2.02. The largest absolute Gasteiger partial charge is 0.321 e. The zero-order chi connectivity index (χ0) is 10.7. The summed E-state index contributed by atoms with van der Waals surface area (Å²) in [5, 5.41) is 0.667. The molecular weight excluding hydrogens is 213 g/mol. The van der Waals surface area contributed by atoms with Crippen molar-refractivity contribution in [1.82, 2.24) is 0 Å². The number of nitrogens with zero attached hydrogens (tertiary/aromatic N) is 1. The van der Waals surface area contributed by atoms with E-state index in [0.29, 0.717) is 5.02 Å². The zero-order valence-electron chi connectivity index (χ0n) is 7.90. The van der Waals surface area contributed by atoms with Gasteiger partial charge >= 0.3 is 0 Å². The van der Waals surface area contributed by atoms with Crippen molar-refractivity contribution >= 4 is 17.3 Å². The van der Waals surface area contributed by atoms with E-state index in [0.717, 1.165) is 5.69 Å². The van der Waals surface area contributed by atoms with Crippen molar-refractivity contribution in [2.75, 3.05) is 4.90 Å². The van der Waals surface area contributed by atoms with Crippen LogP contribution in [-0.2, 0) is 0 Å². The number of hydrogen-bond acceptors (Lipinski definition) is 1. The van der Waals surface area contributed by atoms with Crippen molar-refractivity contribution in [3.63, 3.8) is 0 Å². The third-order valence-corrected chi connectivity index (χ3v) is 2.25. The molecule has 0 N–H and O–H groups in total. The van der Waals surface area contributed by atoms with Crippen LogP contribution in [0.3, 0.4) is 0 Å². The maximum atomic E-state index is 13.1. The van der Waals surface area contributed by atoms with Gasteiger partial charge in [0.1, 0.15) is 5.83 Å². The molecule has 76 valence electrons. The molecule has 0 atom stereocenters. The van der Waals surface area contributed by atoms with Gasteiger partial charge in [0.05, 0.1) is 0 Å². The topological polar surface area (TPSA) is 3.24 Å². The SMILES string of the molecule is FC1=CN(c2ccc(Cl)cc2)C=CC=C1. The van der Waals surface area contributed by atoms with Crippen molar-refractivity contribution < 1.29 is 4.39 Å². The summed E-state index contributed by atoms with van der Waals surface area (Å²) in [5.74, 6) is -0.282. The average Bonchev–Trinajstić information content (AvgIpc) is 2.44. The van der Waals surface area contributed by atoms with Gasteiger partial charge in [0.25, 0.3) is 0 Å². The van der Waals surface area contributed by atoms with Crippen LogP contribution in [0, 0.1) is 0 Å². The number of allylic oxidation sites excluding steroid dienone is 4. The Bertz CT molecular complexity index is 431. The predicted molar refractivity (Wildman–Crippen MR) is 61.4 cm³/mol. The summed E-state index contributed by atoms with van der Waals surface area (Å²) >= 11 is 5.77.